The van der Waals surface area contributed by atoms with Gasteiger partial charge >= 0.3 is 0 Å². The van der Waals surface area contributed by atoms with Gasteiger partial charge in [-0.2, -0.15) is 0 Å². The molecule has 0 radical (unpaired) electrons. The maximum absolute atomic E-state index is 14.8. The Hall–Kier alpha value is -1.37. The summed E-state index contributed by atoms with van der Waals surface area (Å²) in [6.45, 7) is 2.31. The van der Waals surface area contributed by atoms with Crippen LogP contribution in [0.2, 0.25) is 0 Å². The van der Waals surface area contributed by atoms with Gasteiger partial charge in [0.15, 0.2) is 17.8 Å². The molecule has 23 heavy (non-hydrogen) atoms. The zero-order valence-corrected chi connectivity index (χ0v) is 13.1. The van der Waals surface area contributed by atoms with Crippen molar-refractivity contribution in [3.8, 4) is 11.5 Å². The summed E-state index contributed by atoms with van der Waals surface area (Å²) in [7, 11) is 2.08. The number of likely N-dealkylation sites (tertiary alicyclic amines) is 1. The number of fused-ring (bicyclic) bond motifs is 5. The Kier molecular flexibility index (Phi) is 3.08. The third-order valence-electron chi connectivity index (χ3n) is 5.73. The fourth-order valence-electron chi connectivity index (χ4n) is 4.84. The van der Waals surface area contributed by atoms with Crippen LogP contribution in [-0.2, 0) is 15.9 Å². The Bertz CT molecular complexity index is 646. The highest BCUT2D eigenvalue weighted by Gasteiger charge is 2.50. The number of ether oxygens (including phenoxy) is 4. The first-order chi connectivity index (χ1) is 11.2. The summed E-state index contributed by atoms with van der Waals surface area (Å²) < 4.78 is 37.2. The molecule has 3 atom stereocenters. The highest BCUT2D eigenvalue weighted by molar-refractivity contribution is 5.55. The Morgan fingerprint density at radius 3 is 2.87 bits per heavy atom. The summed E-state index contributed by atoms with van der Waals surface area (Å²) in [5.74, 6) is 1.65. The van der Waals surface area contributed by atoms with Crippen molar-refractivity contribution in [3.63, 3.8) is 0 Å². The summed E-state index contributed by atoms with van der Waals surface area (Å²) in [5.41, 5.74) is 1.82. The molecule has 5 nitrogen and oxygen atoms in total. The monoisotopic (exact) mass is 321 g/mol. The van der Waals surface area contributed by atoms with Crippen LogP contribution >= 0.6 is 0 Å². The fraction of sp³-hybridized carbons (Fsp3) is 0.647. The van der Waals surface area contributed by atoms with Crippen molar-refractivity contribution in [2.45, 2.75) is 31.1 Å². The fourth-order valence-corrected chi connectivity index (χ4v) is 4.84. The standard InChI is InChI=1S/C17H20FNO4/c1-19-7-11-9(15(19)17-20-4-5-21-17)2-3-10-14(11)12(18)6-13-16(10)23-8-22-13/h6,9,11,15,17H,2-5,7-8H2,1H3. The zero-order valence-electron chi connectivity index (χ0n) is 13.1. The second kappa shape index (κ2) is 5.06. The lowest BCUT2D eigenvalue weighted by Crippen LogP contribution is -2.41. The molecule has 4 aliphatic rings. The highest BCUT2D eigenvalue weighted by atomic mass is 19.1. The highest BCUT2D eigenvalue weighted by Crippen LogP contribution is 2.51. The lowest BCUT2D eigenvalue weighted by Gasteiger charge is -2.33. The molecule has 2 fully saturated rings. The van der Waals surface area contributed by atoms with Gasteiger partial charge in [0, 0.05) is 24.1 Å². The quantitative estimate of drug-likeness (QED) is 0.790. The smallest absolute Gasteiger partial charge is 0.231 e. The van der Waals surface area contributed by atoms with Crippen molar-refractivity contribution < 1.29 is 23.3 Å². The minimum atomic E-state index is -0.186. The van der Waals surface area contributed by atoms with Crippen molar-refractivity contribution in [1.82, 2.24) is 4.90 Å². The van der Waals surface area contributed by atoms with Crippen molar-refractivity contribution >= 4 is 0 Å². The van der Waals surface area contributed by atoms with Crippen LogP contribution in [0, 0.1) is 11.7 Å². The normalized spacial score (nSPS) is 33.0. The summed E-state index contributed by atoms with van der Waals surface area (Å²) in [6, 6.07) is 1.68. The van der Waals surface area contributed by atoms with E-state index in [0.717, 1.165) is 36.3 Å². The molecule has 0 N–H and O–H groups in total. The topological polar surface area (TPSA) is 40.2 Å². The molecule has 0 spiro atoms. The van der Waals surface area contributed by atoms with E-state index in [9.17, 15) is 4.39 Å². The van der Waals surface area contributed by atoms with Gasteiger partial charge in [0.2, 0.25) is 6.79 Å². The van der Waals surface area contributed by atoms with Gasteiger partial charge < -0.3 is 18.9 Å². The number of halogens is 1. The van der Waals surface area contributed by atoms with Crippen LogP contribution in [0.4, 0.5) is 4.39 Å². The maximum Gasteiger partial charge on any atom is 0.231 e. The largest absolute Gasteiger partial charge is 0.453 e. The number of nitrogens with zero attached hydrogens (tertiary/aromatic N) is 1. The van der Waals surface area contributed by atoms with Crippen molar-refractivity contribution in [2.24, 2.45) is 5.92 Å². The van der Waals surface area contributed by atoms with E-state index in [1.807, 2.05) is 0 Å². The van der Waals surface area contributed by atoms with Crippen LogP contribution in [0.25, 0.3) is 0 Å². The van der Waals surface area contributed by atoms with Gasteiger partial charge in [-0.25, -0.2) is 4.39 Å². The molecule has 3 unspecified atom stereocenters. The Morgan fingerprint density at radius 2 is 2.04 bits per heavy atom. The van der Waals surface area contributed by atoms with Crippen LogP contribution < -0.4 is 9.47 Å². The van der Waals surface area contributed by atoms with Crippen LogP contribution in [0.15, 0.2) is 6.07 Å². The Morgan fingerprint density at radius 1 is 1.22 bits per heavy atom. The minimum Gasteiger partial charge on any atom is -0.453 e. The molecule has 1 aromatic carbocycles. The second-order valence-corrected chi connectivity index (χ2v) is 6.83. The third kappa shape index (κ3) is 1.95. The molecule has 0 saturated carbocycles. The zero-order chi connectivity index (χ0) is 15.6. The lowest BCUT2D eigenvalue weighted by molar-refractivity contribution is -0.0972. The molecule has 2 saturated heterocycles. The van der Waals surface area contributed by atoms with E-state index >= 15 is 0 Å². The van der Waals surface area contributed by atoms with Crippen LogP contribution in [-0.4, -0.2) is 50.8 Å². The van der Waals surface area contributed by atoms with Gasteiger partial charge in [0.05, 0.1) is 19.3 Å². The molecule has 0 bridgehead atoms. The number of rotatable bonds is 1. The van der Waals surface area contributed by atoms with E-state index in [1.165, 1.54) is 6.07 Å². The molecular formula is C17H20FNO4. The van der Waals surface area contributed by atoms with Crippen LogP contribution in [0.5, 0.6) is 11.5 Å². The molecule has 1 aromatic rings. The maximum atomic E-state index is 14.8. The van der Waals surface area contributed by atoms with E-state index in [2.05, 4.69) is 11.9 Å². The molecule has 1 aliphatic carbocycles. The first-order valence-corrected chi connectivity index (χ1v) is 8.28. The number of benzene rings is 1. The SMILES string of the molecule is CN1CC2c3c(F)cc4c(c3CCC2C1C1OCCO1)OCO4. The van der Waals surface area contributed by atoms with Crippen molar-refractivity contribution in [3.05, 3.63) is 23.0 Å². The summed E-state index contributed by atoms with van der Waals surface area (Å²) >= 11 is 0. The first-order valence-electron chi connectivity index (χ1n) is 8.28. The molecule has 0 aromatic heterocycles. The van der Waals surface area contributed by atoms with Gasteiger partial charge in [-0.05, 0) is 31.4 Å². The predicted molar refractivity (Wildman–Crippen MR) is 79.2 cm³/mol. The molecule has 3 heterocycles. The minimum absolute atomic E-state index is 0.163. The Balaban J connectivity index is 1.55. The van der Waals surface area contributed by atoms with Crippen LogP contribution in [0.1, 0.15) is 23.5 Å². The van der Waals surface area contributed by atoms with Crippen molar-refractivity contribution in [1.29, 1.82) is 0 Å². The van der Waals surface area contributed by atoms with Gasteiger partial charge in [-0.1, -0.05) is 0 Å². The molecule has 0 amide bonds. The second-order valence-electron chi connectivity index (χ2n) is 6.83. The Labute approximate surface area is 134 Å². The average Bonchev–Trinajstić information content (AvgIpc) is 3.23. The van der Waals surface area contributed by atoms with E-state index < -0.39 is 0 Å². The van der Waals surface area contributed by atoms with Gasteiger partial charge in [0.25, 0.3) is 0 Å². The molecule has 5 rings (SSSR count). The van der Waals surface area contributed by atoms with Gasteiger partial charge in [-0.3, -0.25) is 4.90 Å². The van der Waals surface area contributed by atoms with Gasteiger partial charge in [0.1, 0.15) is 5.82 Å². The summed E-state index contributed by atoms with van der Waals surface area (Å²) in [5, 5.41) is 0. The van der Waals surface area contributed by atoms with E-state index in [1.54, 1.807) is 0 Å². The van der Waals surface area contributed by atoms with Crippen LogP contribution in [0.3, 0.4) is 0 Å². The first kappa shape index (κ1) is 14.0. The van der Waals surface area contributed by atoms with E-state index in [0.29, 0.717) is 24.9 Å². The van der Waals surface area contributed by atoms with Gasteiger partial charge in [-0.15, -0.1) is 0 Å². The molecule has 124 valence electrons. The predicted octanol–water partition coefficient (Wildman–Crippen LogP) is 1.89. The van der Waals surface area contributed by atoms with Crippen molar-refractivity contribution in [2.75, 3.05) is 33.6 Å². The van der Waals surface area contributed by atoms with E-state index in [-0.39, 0.29) is 30.9 Å². The summed E-state index contributed by atoms with van der Waals surface area (Å²) in [6.07, 6.45) is 1.63. The number of likely N-dealkylation sites (N-methyl/N-ethyl adjacent to an activating group) is 1. The summed E-state index contributed by atoms with van der Waals surface area (Å²) in [4.78, 5) is 2.27. The lowest BCUT2D eigenvalue weighted by atomic mass is 9.74. The number of hydrogen-bond acceptors (Lipinski definition) is 5. The number of hydrogen-bond donors (Lipinski definition) is 0. The molecule has 6 heteroatoms. The van der Waals surface area contributed by atoms with E-state index in [4.69, 9.17) is 18.9 Å². The molecular weight excluding hydrogens is 301 g/mol. The molecule has 3 aliphatic heterocycles. The third-order valence-corrected chi connectivity index (χ3v) is 5.73. The average molecular weight is 321 g/mol.